The minimum absolute atomic E-state index is 0.0449. The van der Waals surface area contributed by atoms with Crippen LogP contribution >= 0.6 is 0 Å². The number of nitrogens with zero attached hydrogens (tertiary/aromatic N) is 3. The van der Waals surface area contributed by atoms with Crippen LogP contribution in [0.15, 0.2) is 48.8 Å². The maximum Gasteiger partial charge on any atom is 0.308 e. The molecule has 0 aliphatic heterocycles. The Kier molecular flexibility index (Phi) is 5.20. The smallest absolute Gasteiger partial charge is 0.308 e. The third-order valence-electron chi connectivity index (χ3n) is 7.45. The van der Waals surface area contributed by atoms with E-state index in [-0.39, 0.29) is 23.5 Å². The molecule has 3 heterocycles. The van der Waals surface area contributed by atoms with Crippen LogP contribution in [0, 0.1) is 29.4 Å². The summed E-state index contributed by atoms with van der Waals surface area (Å²) in [6.07, 6.45) is 5.79. The molecule has 3 aliphatic carbocycles. The van der Waals surface area contributed by atoms with Gasteiger partial charge in [0.1, 0.15) is 11.5 Å². The normalized spacial score (nSPS) is 23.5. The summed E-state index contributed by atoms with van der Waals surface area (Å²) in [5.41, 5.74) is 2.41. The van der Waals surface area contributed by atoms with Crippen LogP contribution in [-0.2, 0) is 4.79 Å². The number of halogens is 2. The van der Waals surface area contributed by atoms with Crippen LogP contribution in [-0.4, -0.2) is 37.1 Å². The highest BCUT2D eigenvalue weighted by Gasteiger charge is 2.47. The van der Waals surface area contributed by atoms with Gasteiger partial charge >= 0.3 is 5.97 Å². The molecule has 3 fully saturated rings. The van der Waals surface area contributed by atoms with Gasteiger partial charge in [-0.2, -0.15) is 0 Å². The highest BCUT2D eigenvalue weighted by Crippen LogP contribution is 2.46. The number of hydrogen-bond donors (Lipinski definition) is 3. The van der Waals surface area contributed by atoms with Crippen molar-refractivity contribution in [1.82, 2.24) is 19.9 Å². The van der Waals surface area contributed by atoms with Crippen molar-refractivity contribution in [2.24, 2.45) is 17.8 Å². The summed E-state index contributed by atoms with van der Waals surface area (Å²) in [6.45, 7) is 0. The first-order valence-corrected chi connectivity index (χ1v) is 11.7. The number of fused-ring (bicyclic) bond motifs is 4. The SMILES string of the molecule is O=C(O)C1C2CCC(CC2)C1Nc1nc(-c2c(-c3ccccc3)[nH]c3ncc(F)cc23)ncc1F. The molecule has 4 aromatic rings. The molecule has 3 aromatic heterocycles. The predicted molar refractivity (Wildman–Crippen MR) is 126 cm³/mol. The zero-order valence-electron chi connectivity index (χ0n) is 18.7. The van der Waals surface area contributed by atoms with E-state index in [0.29, 0.717) is 22.3 Å². The molecule has 1 aromatic carbocycles. The molecule has 7 rings (SSSR count). The van der Waals surface area contributed by atoms with Gasteiger partial charge in [0.2, 0.25) is 0 Å². The van der Waals surface area contributed by atoms with Gasteiger partial charge < -0.3 is 15.4 Å². The Hall–Kier alpha value is -3.88. The van der Waals surface area contributed by atoms with Crippen LogP contribution in [0.25, 0.3) is 33.7 Å². The largest absolute Gasteiger partial charge is 0.481 e. The molecule has 3 aliphatic rings. The molecule has 2 bridgehead atoms. The van der Waals surface area contributed by atoms with E-state index in [1.807, 2.05) is 30.3 Å². The monoisotopic (exact) mass is 475 g/mol. The molecule has 35 heavy (non-hydrogen) atoms. The average Bonchev–Trinajstić information content (AvgIpc) is 3.25. The second-order valence-electron chi connectivity index (χ2n) is 9.39. The number of carboxylic acids is 1. The Balaban J connectivity index is 1.46. The third-order valence-corrected chi connectivity index (χ3v) is 7.45. The minimum Gasteiger partial charge on any atom is -0.481 e. The maximum absolute atomic E-state index is 14.9. The molecule has 2 atom stereocenters. The molecular weight excluding hydrogens is 452 g/mol. The van der Waals surface area contributed by atoms with Crippen molar-refractivity contribution in [2.75, 3.05) is 5.32 Å². The summed E-state index contributed by atoms with van der Waals surface area (Å²) in [7, 11) is 0. The van der Waals surface area contributed by atoms with Gasteiger partial charge in [-0.05, 0) is 49.1 Å². The van der Waals surface area contributed by atoms with E-state index in [1.165, 1.54) is 6.07 Å². The van der Waals surface area contributed by atoms with Crippen LogP contribution in [0.3, 0.4) is 0 Å². The number of aromatic amines is 1. The topological polar surface area (TPSA) is 104 Å². The van der Waals surface area contributed by atoms with E-state index in [2.05, 4.69) is 25.3 Å². The first kappa shape index (κ1) is 21.6. The molecule has 0 amide bonds. The molecule has 0 spiro atoms. The summed E-state index contributed by atoms with van der Waals surface area (Å²) in [5.74, 6) is -2.26. The van der Waals surface area contributed by atoms with Crippen molar-refractivity contribution in [2.45, 2.75) is 31.7 Å². The second-order valence-corrected chi connectivity index (χ2v) is 9.39. The predicted octanol–water partition coefficient (Wildman–Crippen LogP) is 5.27. The van der Waals surface area contributed by atoms with Gasteiger partial charge in [0.05, 0.1) is 29.6 Å². The van der Waals surface area contributed by atoms with Gasteiger partial charge in [-0.15, -0.1) is 0 Å². The van der Waals surface area contributed by atoms with Crippen molar-refractivity contribution < 1.29 is 18.7 Å². The van der Waals surface area contributed by atoms with E-state index in [0.717, 1.165) is 43.6 Å². The number of carboxylic acid groups (broad SMARTS) is 1. The zero-order chi connectivity index (χ0) is 24.1. The minimum atomic E-state index is -0.865. The molecule has 178 valence electrons. The molecular formula is C26H23F2N5O2. The third kappa shape index (κ3) is 3.71. The maximum atomic E-state index is 14.9. The number of pyridine rings is 1. The lowest BCUT2D eigenvalue weighted by molar-refractivity contribution is -0.148. The van der Waals surface area contributed by atoms with Crippen LogP contribution in [0.1, 0.15) is 25.7 Å². The highest BCUT2D eigenvalue weighted by molar-refractivity contribution is 6.00. The molecule has 0 saturated heterocycles. The van der Waals surface area contributed by atoms with Gasteiger partial charge in [0, 0.05) is 11.4 Å². The van der Waals surface area contributed by atoms with Gasteiger partial charge in [-0.1, -0.05) is 30.3 Å². The Bertz CT molecular complexity index is 1420. The molecule has 3 N–H and O–H groups in total. The zero-order valence-corrected chi connectivity index (χ0v) is 18.7. The van der Waals surface area contributed by atoms with Crippen molar-refractivity contribution in [3.8, 4) is 22.6 Å². The molecule has 9 heteroatoms. The first-order valence-electron chi connectivity index (χ1n) is 11.7. The van der Waals surface area contributed by atoms with Crippen LogP contribution in [0.4, 0.5) is 14.6 Å². The first-order chi connectivity index (χ1) is 17.0. The fraction of sp³-hybridized carbons (Fsp3) is 0.308. The summed E-state index contributed by atoms with van der Waals surface area (Å²) < 4.78 is 29.1. The number of anilines is 1. The molecule has 7 nitrogen and oxygen atoms in total. The fourth-order valence-corrected chi connectivity index (χ4v) is 5.86. The van der Waals surface area contributed by atoms with Gasteiger partial charge in [-0.3, -0.25) is 4.79 Å². The van der Waals surface area contributed by atoms with E-state index in [4.69, 9.17) is 0 Å². The summed E-state index contributed by atoms with van der Waals surface area (Å²) >= 11 is 0. The Morgan fingerprint density at radius 2 is 1.77 bits per heavy atom. The van der Waals surface area contributed by atoms with Crippen molar-refractivity contribution in [3.63, 3.8) is 0 Å². The van der Waals surface area contributed by atoms with Gasteiger partial charge in [-0.25, -0.2) is 23.7 Å². The summed E-state index contributed by atoms with van der Waals surface area (Å²) in [6, 6.07) is 10.4. The van der Waals surface area contributed by atoms with Gasteiger partial charge in [0.25, 0.3) is 0 Å². The van der Waals surface area contributed by atoms with Crippen molar-refractivity contribution in [1.29, 1.82) is 0 Å². The number of aromatic nitrogens is 4. The molecule has 3 saturated carbocycles. The van der Waals surface area contributed by atoms with E-state index < -0.39 is 29.6 Å². The summed E-state index contributed by atoms with van der Waals surface area (Å²) in [5, 5.41) is 13.5. The standard InChI is InChI=1S/C26H23F2N5O2/c27-16-10-17-20(22(31-23(17)29-11-16)14-4-2-1-3-5-14)25-30-12-18(28)24(33-25)32-21-15-8-6-13(7-9-15)19(21)26(34)35/h1-5,10-13,15,19,21H,6-9H2,(H,29,31)(H,34,35)(H,30,32,33). The lowest BCUT2D eigenvalue weighted by Gasteiger charge is -2.47. The number of hydrogen-bond acceptors (Lipinski definition) is 5. The molecule has 0 radical (unpaired) electrons. The Labute approximate surface area is 199 Å². The number of nitrogens with one attached hydrogen (secondary N) is 2. The number of carbonyl (C=O) groups is 1. The number of H-pyrrole nitrogens is 1. The Morgan fingerprint density at radius 3 is 2.51 bits per heavy atom. The van der Waals surface area contributed by atoms with Crippen LogP contribution in [0.5, 0.6) is 0 Å². The van der Waals surface area contributed by atoms with Crippen molar-refractivity contribution in [3.05, 3.63) is 60.4 Å². The lowest BCUT2D eigenvalue weighted by atomic mass is 9.61. The highest BCUT2D eigenvalue weighted by atomic mass is 19.1. The van der Waals surface area contributed by atoms with Crippen LogP contribution < -0.4 is 5.32 Å². The van der Waals surface area contributed by atoms with E-state index in [9.17, 15) is 18.7 Å². The lowest BCUT2D eigenvalue weighted by Crippen LogP contribution is -2.51. The van der Waals surface area contributed by atoms with Crippen LogP contribution in [0.2, 0.25) is 0 Å². The second kappa shape index (κ2) is 8.41. The fourth-order valence-electron chi connectivity index (χ4n) is 5.86. The summed E-state index contributed by atoms with van der Waals surface area (Å²) in [4.78, 5) is 28.1. The number of aliphatic carboxylic acids is 1. The van der Waals surface area contributed by atoms with E-state index >= 15 is 0 Å². The Morgan fingerprint density at radius 1 is 1.03 bits per heavy atom. The van der Waals surface area contributed by atoms with Gasteiger partial charge in [0.15, 0.2) is 17.5 Å². The average molecular weight is 475 g/mol. The van der Waals surface area contributed by atoms with Crippen molar-refractivity contribution >= 4 is 22.8 Å². The van der Waals surface area contributed by atoms with E-state index in [1.54, 1.807) is 0 Å². The number of rotatable bonds is 5. The molecule has 2 unspecified atom stereocenters. The quantitative estimate of drug-likeness (QED) is 0.364. The number of benzene rings is 1.